The number of hydrogen-bond donors (Lipinski definition) is 2. The summed E-state index contributed by atoms with van der Waals surface area (Å²) in [6.45, 7) is 0.600. The van der Waals surface area contributed by atoms with Gasteiger partial charge in [0, 0.05) is 25.2 Å². The Bertz CT molecular complexity index is 858. The van der Waals surface area contributed by atoms with Crippen molar-refractivity contribution in [3.05, 3.63) is 78.9 Å². The normalized spacial score (nSPS) is 10.4. The number of unbranched alkanes of at least 4 members (excludes halogenated alkanes) is 2. The molecule has 27 heavy (non-hydrogen) atoms. The fourth-order valence-electron chi connectivity index (χ4n) is 2.30. The molecular formula is C17H18N4O6-2. The molecule has 144 valence electrons. The molecule has 0 unspecified atom stereocenters. The molecule has 0 spiro atoms. The van der Waals surface area contributed by atoms with Crippen molar-refractivity contribution in [2.24, 2.45) is 0 Å². The van der Waals surface area contributed by atoms with Crippen LogP contribution in [0.2, 0.25) is 0 Å². The van der Waals surface area contributed by atoms with Crippen LogP contribution >= 0.6 is 0 Å². The highest BCUT2D eigenvalue weighted by Crippen LogP contribution is 1.98. The predicted molar refractivity (Wildman–Crippen MR) is 97.5 cm³/mol. The zero-order valence-electron chi connectivity index (χ0n) is 14.3. The van der Waals surface area contributed by atoms with Crippen molar-refractivity contribution in [2.75, 3.05) is 13.1 Å². The molecule has 0 aliphatic rings. The second-order valence-corrected chi connectivity index (χ2v) is 5.66. The van der Waals surface area contributed by atoms with E-state index in [1.54, 1.807) is 0 Å². The van der Waals surface area contributed by atoms with Crippen LogP contribution < -0.4 is 21.8 Å². The number of carbonyl (C=O) groups is 2. The van der Waals surface area contributed by atoms with Crippen molar-refractivity contribution in [3.63, 3.8) is 0 Å². The second-order valence-electron chi connectivity index (χ2n) is 5.66. The summed E-state index contributed by atoms with van der Waals surface area (Å²) < 4.78 is 0.0636. The van der Waals surface area contributed by atoms with E-state index >= 15 is 0 Å². The average Bonchev–Trinajstić information content (AvgIpc) is 2.65. The number of amides is 2. The van der Waals surface area contributed by atoms with E-state index < -0.39 is 22.9 Å². The van der Waals surface area contributed by atoms with Crippen LogP contribution in [-0.4, -0.2) is 34.4 Å². The summed E-state index contributed by atoms with van der Waals surface area (Å²) in [5.41, 5.74) is -2.14. The average molecular weight is 374 g/mol. The van der Waals surface area contributed by atoms with Crippen molar-refractivity contribution in [2.45, 2.75) is 19.3 Å². The Hall–Kier alpha value is -3.56. The van der Waals surface area contributed by atoms with Gasteiger partial charge in [0.05, 0.1) is 0 Å². The molecule has 0 aliphatic heterocycles. The zero-order valence-corrected chi connectivity index (χ0v) is 14.3. The molecule has 2 rings (SSSR count). The third-order valence-electron chi connectivity index (χ3n) is 3.71. The van der Waals surface area contributed by atoms with Gasteiger partial charge < -0.3 is 30.5 Å². The lowest BCUT2D eigenvalue weighted by Crippen LogP contribution is -2.31. The second kappa shape index (κ2) is 9.22. The standard InChI is InChI=1S/C17H18N4O6/c22-14-8-4-6-12(20(14)26)16(24)18-10-2-1-3-11-19-17(25)13-7-5-9-15(23)21(13)27/h4-9H,1-3,10-11H2,(H,18,24)(H,19,25)/q-2. The summed E-state index contributed by atoms with van der Waals surface area (Å²) in [4.78, 5) is 46.0. The maximum atomic E-state index is 11.8. The Kier molecular flexibility index (Phi) is 6.75. The molecule has 2 amide bonds. The Morgan fingerprint density at radius 1 is 0.741 bits per heavy atom. The Balaban J connectivity index is 1.66. The van der Waals surface area contributed by atoms with Gasteiger partial charge in [-0.25, -0.2) is 0 Å². The van der Waals surface area contributed by atoms with Gasteiger partial charge >= 0.3 is 0 Å². The molecule has 0 radical (unpaired) electrons. The summed E-state index contributed by atoms with van der Waals surface area (Å²) in [5, 5.41) is 28.0. The highest BCUT2D eigenvalue weighted by Gasteiger charge is 2.08. The molecule has 0 fully saturated rings. The topological polar surface area (TPSA) is 148 Å². The molecule has 2 heterocycles. The van der Waals surface area contributed by atoms with Crippen LogP contribution in [0.15, 0.2) is 46.0 Å². The summed E-state index contributed by atoms with van der Waals surface area (Å²) in [6.07, 6.45) is 1.85. The molecule has 10 nitrogen and oxygen atoms in total. The monoisotopic (exact) mass is 374 g/mol. The van der Waals surface area contributed by atoms with E-state index in [1.807, 2.05) is 0 Å². The van der Waals surface area contributed by atoms with Gasteiger partial charge in [-0.2, -0.15) is 0 Å². The van der Waals surface area contributed by atoms with Gasteiger partial charge in [0.25, 0.3) is 11.8 Å². The Morgan fingerprint density at radius 2 is 1.15 bits per heavy atom. The maximum absolute atomic E-state index is 11.8. The molecule has 0 atom stereocenters. The minimum atomic E-state index is -0.805. The van der Waals surface area contributed by atoms with Crippen molar-refractivity contribution >= 4 is 11.8 Å². The molecule has 2 N–H and O–H groups in total. The Labute approximate surface area is 153 Å². The number of aromatic nitrogens is 2. The van der Waals surface area contributed by atoms with Gasteiger partial charge in [0.2, 0.25) is 11.1 Å². The first-order valence-corrected chi connectivity index (χ1v) is 8.27. The van der Waals surface area contributed by atoms with Crippen LogP contribution in [0.25, 0.3) is 0 Å². The molecular weight excluding hydrogens is 356 g/mol. The Morgan fingerprint density at radius 3 is 1.56 bits per heavy atom. The highest BCUT2D eigenvalue weighted by molar-refractivity contribution is 5.93. The van der Waals surface area contributed by atoms with Gasteiger partial charge in [-0.05, 0) is 31.4 Å². The van der Waals surface area contributed by atoms with Crippen LogP contribution in [0.4, 0.5) is 0 Å². The quantitative estimate of drug-likeness (QED) is 0.623. The smallest absolute Gasteiger partial charge is 0.267 e. The van der Waals surface area contributed by atoms with E-state index in [-0.39, 0.29) is 20.8 Å². The number of nitrogens with one attached hydrogen (secondary N) is 2. The molecule has 2 aromatic rings. The largest absolute Gasteiger partial charge is 0.803 e. The zero-order chi connectivity index (χ0) is 19.8. The van der Waals surface area contributed by atoms with Gasteiger partial charge in [-0.15, -0.1) is 0 Å². The number of hydrogen-bond acceptors (Lipinski definition) is 6. The third kappa shape index (κ3) is 5.21. The minimum absolute atomic E-state index is 0.0318. The van der Waals surface area contributed by atoms with Crippen LogP contribution in [0, 0.1) is 10.4 Å². The van der Waals surface area contributed by atoms with Crippen LogP contribution in [-0.2, 0) is 0 Å². The molecule has 10 heteroatoms. The molecule has 0 aliphatic carbocycles. The number of carbonyl (C=O) groups excluding carboxylic acids is 2. The van der Waals surface area contributed by atoms with E-state index in [0.29, 0.717) is 32.4 Å². The molecule has 0 saturated heterocycles. The fraction of sp³-hybridized carbons (Fsp3) is 0.294. The lowest BCUT2D eigenvalue weighted by atomic mass is 10.2. The summed E-state index contributed by atoms with van der Waals surface area (Å²) in [6, 6.07) is 7.33. The van der Waals surface area contributed by atoms with E-state index in [9.17, 15) is 29.6 Å². The van der Waals surface area contributed by atoms with E-state index in [0.717, 1.165) is 12.1 Å². The summed E-state index contributed by atoms with van der Waals surface area (Å²) >= 11 is 0. The first kappa shape index (κ1) is 19.8. The van der Waals surface area contributed by atoms with Crippen LogP contribution in [0.5, 0.6) is 0 Å². The van der Waals surface area contributed by atoms with E-state index in [4.69, 9.17) is 0 Å². The molecule has 0 bridgehead atoms. The van der Waals surface area contributed by atoms with E-state index in [1.165, 1.54) is 24.3 Å². The van der Waals surface area contributed by atoms with Crippen molar-refractivity contribution in [1.29, 1.82) is 0 Å². The van der Waals surface area contributed by atoms with Crippen molar-refractivity contribution in [1.82, 2.24) is 20.1 Å². The van der Waals surface area contributed by atoms with Crippen molar-refractivity contribution in [3.8, 4) is 0 Å². The SMILES string of the molecule is O=C(NCCCCCNC(=O)c1cccc(=O)n1[O-])c1cccc(=O)n1[O-]. The van der Waals surface area contributed by atoms with Gasteiger partial charge in [-0.3, -0.25) is 19.2 Å². The molecule has 2 aromatic heterocycles. The number of nitrogens with zero attached hydrogens (tertiary/aromatic N) is 2. The summed E-state index contributed by atoms with van der Waals surface area (Å²) in [7, 11) is 0. The first-order chi connectivity index (χ1) is 12.9. The number of pyridine rings is 2. The van der Waals surface area contributed by atoms with Crippen LogP contribution in [0.3, 0.4) is 0 Å². The van der Waals surface area contributed by atoms with E-state index in [2.05, 4.69) is 10.6 Å². The number of rotatable bonds is 8. The summed E-state index contributed by atoms with van der Waals surface area (Å²) in [5.74, 6) is -1.26. The molecule has 0 saturated carbocycles. The highest BCUT2D eigenvalue weighted by atomic mass is 16.5. The predicted octanol–water partition coefficient (Wildman–Crippen LogP) is 0.0319. The molecule has 0 aromatic carbocycles. The maximum Gasteiger partial charge on any atom is 0.267 e. The van der Waals surface area contributed by atoms with Gasteiger partial charge in [-0.1, -0.05) is 12.1 Å². The lowest BCUT2D eigenvalue weighted by molar-refractivity contribution is 0.0939. The van der Waals surface area contributed by atoms with Gasteiger partial charge in [0.1, 0.15) is 11.4 Å². The third-order valence-corrected chi connectivity index (χ3v) is 3.71. The van der Waals surface area contributed by atoms with Crippen LogP contribution in [0.1, 0.15) is 40.2 Å². The minimum Gasteiger partial charge on any atom is -0.803 e. The van der Waals surface area contributed by atoms with Gasteiger partial charge in [0.15, 0.2) is 0 Å². The van der Waals surface area contributed by atoms with Crippen molar-refractivity contribution < 1.29 is 9.59 Å². The fourth-order valence-corrected chi connectivity index (χ4v) is 2.30. The first-order valence-electron chi connectivity index (χ1n) is 8.27. The lowest BCUT2D eigenvalue weighted by Gasteiger charge is -2.15.